The Kier molecular flexibility index (Phi) is 6.08. The summed E-state index contributed by atoms with van der Waals surface area (Å²) in [6.07, 6.45) is -9.55. The van der Waals surface area contributed by atoms with Gasteiger partial charge in [-0.2, -0.15) is 26.3 Å². The summed E-state index contributed by atoms with van der Waals surface area (Å²) in [5, 5.41) is 2.29. The molecule has 0 aromatic carbocycles. The maximum absolute atomic E-state index is 12.4. The lowest BCUT2D eigenvalue weighted by Crippen LogP contribution is -2.52. The Morgan fingerprint density at radius 3 is 2.20 bits per heavy atom. The second-order valence-corrected chi connectivity index (χ2v) is 5.16. The van der Waals surface area contributed by atoms with Crippen molar-refractivity contribution >= 4 is 0 Å². The van der Waals surface area contributed by atoms with Crippen LogP contribution in [0.5, 0.6) is 0 Å². The van der Waals surface area contributed by atoms with Crippen LogP contribution in [-0.4, -0.2) is 56.0 Å². The highest BCUT2D eigenvalue weighted by Crippen LogP contribution is 2.30. The summed E-state index contributed by atoms with van der Waals surface area (Å²) in [5.41, 5.74) is 5.36. The molecule has 0 bridgehead atoms. The molecule has 2 atom stereocenters. The van der Waals surface area contributed by atoms with Crippen LogP contribution in [0.3, 0.4) is 0 Å². The number of rotatable bonds is 5. The van der Waals surface area contributed by atoms with Gasteiger partial charge < -0.3 is 16.0 Å². The molecule has 0 spiro atoms. The van der Waals surface area contributed by atoms with E-state index in [0.717, 1.165) is 0 Å². The number of hydrogen-bond donors (Lipinski definition) is 2. The third-order valence-corrected chi connectivity index (χ3v) is 3.17. The molecule has 0 aromatic heterocycles. The Hall–Kier alpha value is -0.540. The van der Waals surface area contributed by atoms with E-state index < -0.39 is 37.3 Å². The van der Waals surface area contributed by atoms with Gasteiger partial charge in [-0.1, -0.05) is 0 Å². The van der Waals surface area contributed by atoms with E-state index in [1.54, 1.807) is 4.90 Å². The van der Waals surface area contributed by atoms with E-state index in [9.17, 15) is 26.3 Å². The van der Waals surface area contributed by atoms with Crippen molar-refractivity contribution in [3.63, 3.8) is 0 Å². The number of nitrogens with zero attached hydrogens (tertiary/aromatic N) is 1. The lowest BCUT2D eigenvalue weighted by molar-refractivity contribution is -0.150. The number of nitrogens with two attached hydrogens (primary N) is 1. The Bertz CT molecular complexity index is 291. The predicted octanol–water partition coefficient (Wildman–Crippen LogP) is 1.74. The van der Waals surface area contributed by atoms with Crippen LogP contribution in [0.4, 0.5) is 26.3 Å². The van der Waals surface area contributed by atoms with Gasteiger partial charge in [-0.3, -0.25) is 0 Å². The van der Waals surface area contributed by atoms with Crippen LogP contribution in [0.1, 0.15) is 12.8 Å². The summed E-state index contributed by atoms with van der Waals surface area (Å²) in [4.78, 5) is 1.69. The van der Waals surface area contributed by atoms with Crippen molar-refractivity contribution in [2.45, 2.75) is 31.2 Å². The molecular formula is C11H19F6N3. The molecule has 3 nitrogen and oxygen atoms in total. The highest BCUT2D eigenvalue weighted by Gasteiger charge is 2.37. The maximum Gasteiger partial charge on any atom is 0.401 e. The van der Waals surface area contributed by atoms with E-state index in [1.807, 2.05) is 0 Å². The molecule has 0 saturated carbocycles. The van der Waals surface area contributed by atoms with Crippen molar-refractivity contribution in [1.29, 1.82) is 0 Å². The first-order chi connectivity index (χ1) is 9.09. The molecule has 0 radical (unpaired) electrons. The van der Waals surface area contributed by atoms with Crippen molar-refractivity contribution in [3.8, 4) is 0 Å². The molecule has 1 fully saturated rings. The summed E-state index contributed by atoms with van der Waals surface area (Å²) < 4.78 is 73.7. The van der Waals surface area contributed by atoms with Gasteiger partial charge in [0.2, 0.25) is 0 Å². The van der Waals surface area contributed by atoms with Gasteiger partial charge in [0.05, 0.1) is 6.54 Å². The van der Waals surface area contributed by atoms with Gasteiger partial charge in [-0.15, -0.1) is 0 Å². The molecule has 1 aliphatic rings. The lowest BCUT2D eigenvalue weighted by Gasteiger charge is -2.38. The average molecular weight is 307 g/mol. The quantitative estimate of drug-likeness (QED) is 0.760. The van der Waals surface area contributed by atoms with E-state index in [4.69, 9.17) is 5.73 Å². The van der Waals surface area contributed by atoms with Crippen LogP contribution >= 0.6 is 0 Å². The molecule has 1 saturated heterocycles. The Balaban J connectivity index is 2.56. The fourth-order valence-corrected chi connectivity index (χ4v) is 2.55. The fraction of sp³-hybridized carbons (Fsp3) is 1.00. The molecular weight excluding hydrogens is 288 g/mol. The van der Waals surface area contributed by atoms with Gasteiger partial charge in [0.1, 0.15) is 0 Å². The smallest absolute Gasteiger partial charge is 0.329 e. The van der Waals surface area contributed by atoms with Gasteiger partial charge in [0.25, 0.3) is 0 Å². The zero-order valence-electron chi connectivity index (χ0n) is 10.9. The third kappa shape index (κ3) is 7.30. The standard InChI is InChI=1S/C11H19F6N3/c12-10(13,14)4-8-3-9(19-7-11(15,16)17)6-20(5-8)2-1-18/h8-9,19H,1-7,18H2. The van der Waals surface area contributed by atoms with Crippen LogP contribution in [-0.2, 0) is 0 Å². The zero-order valence-corrected chi connectivity index (χ0v) is 10.9. The fourth-order valence-electron chi connectivity index (χ4n) is 2.55. The monoisotopic (exact) mass is 307 g/mol. The molecule has 20 heavy (non-hydrogen) atoms. The van der Waals surface area contributed by atoms with E-state index in [1.165, 1.54) is 0 Å². The largest absolute Gasteiger partial charge is 0.401 e. The van der Waals surface area contributed by atoms with Crippen molar-refractivity contribution in [1.82, 2.24) is 10.2 Å². The summed E-state index contributed by atoms with van der Waals surface area (Å²) >= 11 is 0. The van der Waals surface area contributed by atoms with Gasteiger partial charge >= 0.3 is 12.4 Å². The van der Waals surface area contributed by atoms with Crippen LogP contribution in [0.2, 0.25) is 0 Å². The number of hydrogen-bond acceptors (Lipinski definition) is 3. The first-order valence-corrected chi connectivity index (χ1v) is 6.38. The van der Waals surface area contributed by atoms with Crippen molar-refractivity contribution in [3.05, 3.63) is 0 Å². The molecule has 1 aliphatic heterocycles. The number of alkyl halides is 6. The molecule has 9 heteroatoms. The first kappa shape index (κ1) is 17.5. The number of halogens is 6. The summed E-state index contributed by atoms with van der Waals surface area (Å²) in [6.45, 7) is -0.0152. The van der Waals surface area contributed by atoms with Crippen LogP contribution < -0.4 is 11.1 Å². The molecule has 0 amide bonds. The first-order valence-electron chi connectivity index (χ1n) is 6.38. The molecule has 120 valence electrons. The Morgan fingerprint density at radius 2 is 1.70 bits per heavy atom. The van der Waals surface area contributed by atoms with Gasteiger partial charge in [0, 0.05) is 38.6 Å². The molecule has 2 unspecified atom stereocenters. The van der Waals surface area contributed by atoms with Gasteiger partial charge in [-0.25, -0.2) is 0 Å². The van der Waals surface area contributed by atoms with Crippen molar-refractivity contribution in [2.24, 2.45) is 11.7 Å². The van der Waals surface area contributed by atoms with E-state index in [-0.39, 0.29) is 19.5 Å². The van der Waals surface area contributed by atoms with Crippen LogP contribution in [0.25, 0.3) is 0 Å². The van der Waals surface area contributed by atoms with E-state index in [0.29, 0.717) is 13.1 Å². The normalized spacial score (nSPS) is 25.9. The molecule has 0 aromatic rings. The van der Waals surface area contributed by atoms with Crippen LogP contribution in [0, 0.1) is 5.92 Å². The lowest BCUT2D eigenvalue weighted by atomic mass is 9.91. The SMILES string of the molecule is NCCN1CC(CC(F)(F)F)CC(NCC(F)(F)F)C1. The highest BCUT2D eigenvalue weighted by molar-refractivity contribution is 4.85. The van der Waals surface area contributed by atoms with E-state index >= 15 is 0 Å². The van der Waals surface area contributed by atoms with E-state index in [2.05, 4.69) is 5.32 Å². The molecule has 0 aliphatic carbocycles. The van der Waals surface area contributed by atoms with Gasteiger partial charge in [0.15, 0.2) is 0 Å². The topological polar surface area (TPSA) is 41.3 Å². The number of nitrogens with one attached hydrogen (secondary N) is 1. The minimum Gasteiger partial charge on any atom is -0.329 e. The van der Waals surface area contributed by atoms with Gasteiger partial charge in [-0.05, 0) is 12.3 Å². The summed E-state index contributed by atoms with van der Waals surface area (Å²) in [5.74, 6) is -0.693. The summed E-state index contributed by atoms with van der Waals surface area (Å²) in [7, 11) is 0. The second-order valence-electron chi connectivity index (χ2n) is 5.16. The minimum atomic E-state index is -4.37. The second kappa shape index (κ2) is 6.95. The highest BCUT2D eigenvalue weighted by atomic mass is 19.4. The third-order valence-electron chi connectivity index (χ3n) is 3.17. The Morgan fingerprint density at radius 1 is 1.05 bits per heavy atom. The van der Waals surface area contributed by atoms with Crippen molar-refractivity contribution in [2.75, 3.05) is 32.7 Å². The molecule has 1 rings (SSSR count). The summed E-state index contributed by atoms with van der Waals surface area (Å²) in [6, 6.07) is -0.593. The maximum atomic E-state index is 12.4. The number of likely N-dealkylation sites (tertiary alicyclic amines) is 1. The Labute approximate surface area is 113 Å². The van der Waals surface area contributed by atoms with Crippen LogP contribution in [0.15, 0.2) is 0 Å². The molecule has 1 heterocycles. The van der Waals surface area contributed by atoms with Crippen molar-refractivity contribution < 1.29 is 26.3 Å². The minimum absolute atomic E-state index is 0.0939. The predicted molar refractivity (Wildman–Crippen MR) is 62.1 cm³/mol. The average Bonchev–Trinajstić information content (AvgIpc) is 2.23. The zero-order chi connectivity index (χ0) is 15.4. The number of piperidine rings is 1. The molecule has 3 N–H and O–H groups in total.